The van der Waals surface area contributed by atoms with E-state index in [9.17, 15) is 8.78 Å². The minimum atomic E-state index is -0.595. The van der Waals surface area contributed by atoms with Gasteiger partial charge in [0.25, 0.3) is 0 Å². The SMILES string of the molecule is Fc1cc(F)cc(-c2n[nH]c(C3CC3)c2Br)c1. The van der Waals surface area contributed by atoms with Crippen LogP contribution >= 0.6 is 15.9 Å². The Kier molecular flexibility index (Phi) is 2.50. The summed E-state index contributed by atoms with van der Waals surface area (Å²) in [6.45, 7) is 0. The lowest BCUT2D eigenvalue weighted by molar-refractivity contribution is 0.584. The second-order valence-electron chi connectivity index (χ2n) is 4.23. The van der Waals surface area contributed by atoms with Gasteiger partial charge in [-0.1, -0.05) is 0 Å². The molecule has 0 atom stereocenters. The fourth-order valence-electron chi connectivity index (χ4n) is 1.87. The fourth-order valence-corrected chi connectivity index (χ4v) is 2.60. The Morgan fingerprint density at radius 1 is 1.18 bits per heavy atom. The van der Waals surface area contributed by atoms with Crippen LogP contribution in [0.4, 0.5) is 8.78 Å². The summed E-state index contributed by atoms with van der Waals surface area (Å²) < 4.78 is 27.1. The van der Waals surface area contributed by atoms with Gasteiger partial charge >= 0.3 is 0 Å². The number of aromatic nitrogens is 2. The predicted molar refractivity (Wildman–Crippen MR) is 63.6 cm³/mol. The lowest BCUT2D eigenvalue weighted by Crippen LogP contribution is -1.85. The molecule has 1 saturated carbocycles. The van der Waals surface area contributed by atoms with Crippen LogP contribution in [0.3, 0.4) is 0 Å². The van der Waals surface area contributed by atoms with Gasteiger partial charge in [-0.3, -0.25) is 5.10 Å². The molecule has 0 bridgehead atoms. The highest BCUT2D eigenvalue weighted by Gasteiger charge is 2.29. The Balaban J connectivity index is 2.08. The molecule has 5 heteroatoms. The molecule has 1 aliphatic carbocycles. The fraction of sp³-hybridized carbons (Fsp3) is 0.250. The van der Waals surface area contributed by atoms with Crippen molar-refractivity contribution in [3.63, 3.8) is 0 Å². The summed E-state index contributed by atoms with van der Waals surface area (Å²) in [6, 6.07) is 3.41. The molecule has 2 nitrogen and oxygen atoms in total. The average Bonchev–Trinajstić information content (AvgIpc) is 3.01. The maximum absolute atomic E-state index is 13.1. The van der Waals surface area contributed by atoms with Gasteiger partial charge in [-0.2, -0.15) is 5.10 Å². The molecule has 0 unspecified atom stereocenters. The van der Waals surface area contributed by atoms with Gasteiger partial charge in [-0.25, -0.2) is 8.78 Å². The van der Waals surface area contributed by atoms with Gasteiger partial charge in [-0.05, 0) is 40.9 Å². The predicted octanol–water partition coefficient (Wildman–Crippen LogP) is 3.99. The van der Waals surface area contributed by atoms with E-state index in [1.54, 1.807) is 0 Å². The highest BCUT2D eigenvalue weighted by atomic mass is 79.9. The number of hydrogen-bond donors (Lipinski definition) is 1. The Hall–Kier alpha value is -1.23. The van der Waals surface area contributed by atoms with Gasteiger partial charge in [0.15, 0.2) is 0 Å². The van der Waals surface area contributed by atoms with Crippen molar-refractivity contribution < 1.29 is 8.78 Å². The molecule has 1 heterocycles. The van der Waals surface area contributed by atoms with E-state index >= 15 is 0 Å². The van der Waals surface area contributed by atoms with Crippen LogP contribution in [0, 0.1) is 11.6 Å². The highest BCUT2D eigenvalue weighted by molar-refractivity contribution is 9.10. The Morgan fingerprint density at radius 3 is 2.41 bits per heavy atom. The van der Waals surface area contributed by atoms with Crippen LogP contribution in [0.25, 0.3) is 11.3 Å². The molecule has 3 rings (SSSR count). The largest absolute Gasteiger partial charge is 0.280 e. The van der Waals surface area contributed by atoms with Crippen LogP contribution in [0.2, 0.25) is 0 Å². The van der Waals surface area contributed by atoms with Crippen molar-refractivity contribution in [2.75, 3.05) is 0 Å². The number of halogens is 3. The number of benzene rings is 1. The molecule has 1 fully saturated rings. The van der Waals surface area contributed by atoms with Gasteiger partial charge in [0.05, 0.1) is 10.2 Å². The quantitative estimate of drug-likeness (QED) is 0.892. The zero-order valence-electron chi connectivity index (χ0n) is 8.80. The second-order valence-corrected chi connectivity index (χ2v) is 5.03. The van der Waals surface area contributed by atoms with Gasteiger partial charge in [-0.15, -0.1) is 0 Å². The molecule has 0 aliphatic heterocycles. The van der Waals surface area contributed by atoms with Crippen LogP contribution in [0.5, 0.6) is 0 Å². The van der Waals surface area contributed by atoms with E-state index in [1.165, 1.54) is 12.1 Å². The summed E-state index contributed by atoms with van der Waals surface area (Å²) in [5.74, 6) is -0.685. The standard InChI is InChI=1S/C12H9BrF2N2/c13-10-11(6-1-2-6)16-17-12(10)7-3-8(14)5-9(15)4-7/h3-6H,1-2H2,(H,16,17). The summed E-state index contributed by atoms with van der Waals surface area (Å²) >= 11 is 3.44. The number of nitrogens with zero attached hydrogens (tertiary/aromatic N) is 1. The lowest BCUT2D eigenvalue weighted by atomic mass is 10.1. The van der Waals surface area contributed by atoms with E-state index in [0.717, 1.165) is 29.1 Å². The third-order valence-corrected chi connectivity index (χ3v) is 3.66. The minimum Gasteiger partial charge on any atom is -0.280 e. The maximum atomic E-state index is 13.1. The molecule has 1 aromatic heterocycles. The molecule has 0 spiro atoms. The second kappa shape index (κ2) is 3.91. The monoisotopic (exact) mass is 298 g/mol. The zero-order valence-corrected chi connectivity index (χ0v) is 10.4. The van der Waals surface area contributed by atoms with E-state index in [-0.39, 0.29) is 0 Å². The van der Waals surface area contributed by atoms with Gasteiger partial charge in [0.1, 0.15) is 17.3 Å². The van der Waals surface area contributed by atoms with Crippen molar-refractivity contribution in [2.45, 2.75) is 18.8 Å². The number of rotatable bonds is 2. The first-order chi connectivity index (χ1) is 8.15. The zero-order chi connectivity index (χ0) is 12.0. The molecule has 0 amide bonds. The molecule has 2 aromatic rings. The van der Waals surface area contributed by atoms with Crippen LogP contribution in [0.15, 0.2) is 22.7 Å². The third kappa shape index (κ3) is 1.99. The van der Waals surface area contributed by atoms with Gasteiger partial charge in [0.2, 0.25) is 0 Å². The normalized spacial score (nSPS) is 15.2. The molecule has 1 aromatic carbocycles. The Bertz CT molecular complexity index is 556. The minimum absolute atomic E-state index is 0.442. The van der Waals surface area contributed by atoms with Crippen molar-refractivity contribution >= 4 is 15.9 Å². The van der Waals surface area contributed by atoms with E-state index in [4.69, 9.17) is 0 Å². The average molecular weight is 299 g/mol. The first-order valence-corrected chi connectivity index (χ1v) is 6.14. The lowest BCUT2D eigenvalue weighted by Gasteiger charge is -1.99. The van der Waals surface area contributed by atoms with Gasteiger partial charge in [0, 0.05) is 17.5 Å². The highest BCUT2D eigenvalue weighted by Crippen LogP contribution is 2.44. The van der Waals surface area contributed by atoms with Crippen LogP contribution in [0.1, 0.15) is 24.5 Å². The maximum Gasteiger partial charge on any atom is 0.126 e. The summed E-state index contributed by atoms with van der Waals surface area (Å²) in [4.78, 5) is 0. The third-order valence-electron chi connectivity index (χ3n) is 2.85. The first kappa shape index (κ1) is 10.9. The van der Waals surface area contributed by atoms with Crippen LogP contribution in [-0.2, 0) is 0 Å². The number of hydrogen-bond acceptors (Lipinski definition) is 1. The van der Waals surface area contributed by atoms with E-state index < -0.39 is 11.6 Å². The smallest absolute Gasteiger partial charge is 0.126 e. The molecule has 88 valence electrons. The topological polar surface area (TPSA) is 28.7 Å². The van der Waals surface area contributed by atoms with Crippen molar-refractivity contribution in [1.29, 1.82) is 0 Å². The molecule has 17 heavy (non-hydrogen) atoms. The van der Waals surface area contributed by atoms with E-state index in [0.29, 0.717) is 17.2 Å². The van der Waals surface area contributed by atoms with E-state index in [2.05, 4.69) is 26.1 Å². The van der Waals surface area contributed by atoms with Crippen molar-refractivity contribution in [1.82, 2.24) is 10.2 Å². The molecule has 0 saturated heterocycles. The van der Waals surface area contributed by atoms with Gasteiger partial charge < -0.3 is 0 Å². The van der Waals surface area contributed by atoms with Crippen molar-refractivity contribution in [3.8, 4) is 11.3 Å². The Morgan fingerprint density at radius 2 is 1.82 bits per heavy atom. The molecule has 1 aliphatic rings. The molecular weight excluding hydrogens is 290 g/mol. The van der Waals surface area contributed by atoms with Crippen molar-refractivity contribution in [3.05, 3.63) is 40.0 Å². The molecular formula is C12H9BrF2N2. The Labute approximate surface area is 105 Å². The molecule has 1 N–H and O–H groups in total. The molecule has 0 radical (unpaired) electrons. The van der Waals surface area contributed by atoms with Crippen LogP contribution < -0.4 is 0 Å². The van der Waals surface area contributed by atoms with Crippen molar-refractivity contribution in [2.24, 2.45) is 0 Å². The number of aromatic amines is 1. The summed E-state index contributed by atoms with van der Waals surface area (Å²) in [7, 11) is 0. The number of nitrogens with one attached hydrogen (secondary N) is 1. The first-order valence-electron chi connectivity index (χ1n) is 5.35. The van der Waals surface area contributed by atoms with Crippen LogP contribution in [-0.4, -0.2) is 10.2 Å². The van der Waals surface area contributed by atoms with E-state index in [1.807, 2.05) is 0 Å². The summed E-state index contributed by atoms with van der Waals surface area (Å²) in [5, 5.41) is 7.06. The number of H-pyrrole nitrogens is 1. The summed E-state index contributed by atoms with van der Waals surface area (Å²) in [5.41, 5.74) is 2.02. The summed E-state index contributed by atoms with van der Waals surface area (Å²) in [6.07, 6.45) is 2.27.